The van der Waals surface area contributed by atoms with Gasteiger partial charge in [-0.3, -0.25) is 4.79 Å². The van der Waals surface area contributed by atoms with Crippen LogP contribution < -0.4 is 5.32 Å². The summed E-state index contributed by atoms with van der Waals surface area (Å²) in [5.74, 6) is -0.935. The fourth-order valence-electron chi connectivity index (χ4n) is 3.11. The van der Waals surface area contributed by atoms with E-state index in [0.29, 0.717) is 31.5 Å². The van der Waals surface area contributed by atoms with Crippen molar-refractivity contribution in [2.75, 3.05) is 6.54 Å². The second-order valence-corrected chi connectivity index (χ2v) is 8.28. The number of benzene rings is 2. The molecule has 1 saturated heterocycles. The van der Waals surface area contributed by atoms with Crippen LogP contribution in [0.1, 0.15) is 24.0 Å². The fourth-order valence-corrected chi connectivity index (χ4v) is 4.89. The molecule has 0 saturated carbocycles. The average Bonchev–Trinajstić information content (AvgIpc) is 3.13. The molecule has 0 aliphatic carbocycles. The molecule has 3 rings (SSSR count). The molecule has 1 fully saturated rings. The molecule has 1 amide bonds. The highest BCUT2D eigenvalue weighted by Gasteiger charge is 2.38. The number of nitrogens with zero attached hydrogens (tertiary/aromatic N) is 1. The van der Waals surface area contributed by atoms with Gasteiger partial charge in [0.1, 0.15) is 11.9 Å². The SMILES string of the molecule is O=C(NCc1ccccc1)[C@@H]1CCCN1S(=O)(=O)Cc1ccc(F)cc1. The molecule has 0 bridgehead atoms. The molecule has 26 heavy (non-hydrogen) atoms. The van der Waals surface area contributed by atoms with Gasteiger partial charge in [-0.25, -0.2) is 12.8 Å². The Bertz CT molecular complexity index is 854. The van der Waals surface area contributed by atoms with E-state index >= 15 is 0 Å². The van der Waals surface area contributed by atoms with Crippen molar-refractivity contribution in [1.82, 2.24) is 9.62 Å². The molecule has 1 atom stereocenters. The lowest BCUT2D eigenvalue weighted by Crippen LogP contribution is -2.46. The van der Waals surface area contributed by atoms with Crippen molar-refractivity contribution < 1.29 is 17.6 Å². The van der Waals surface area contributed by atoms with E-state index in [1.54, 1.807) is 0 Å². The fraction of sp³-hybridized carbons (Fsp3) is 0.316. The molecule has 1 aliphatic heterocycles. The van der Waals surface area contributed by atoms with Gasteiger partial charge in [-0.2, -0.15) is 4.31 Å². The number of amides is 1. The third-order valence-electron chi connectivity index (χ3n) is 4.44. The number of carbonyl (C=O) groups excluding carboxylic acids is 1. The molecule has 2 aromatic rings. The summed E-state index contributed by atoms with van der Waals surface area (Å²) < 4.78 is 39.7. The Morgan fingerprint density at radius 3 is 2.46 bits per heavy atom. The van der Waals surface area contributed by atoms with Crippen molar-refractivity contribution in [1.29, 1.82) is 0 Å². The van der Waals surface area contributed by atoms with E-state index in [2.05, 4.69) is 5.32 Å². The maximum Gasteiger partial charge on any atom is 0.238 e. The standard InChI is InChI=1S/C19H21FN2O3S/c20-17-10-8-16(9-11-17)14-26(24,25)22-12-4-7-18(22)19(23)21-13-15-5-2-1-3-6-15/h1-3,5-6,8-11,18H,4,7,12-14H2,(H,21,23)/t18-/m0/s1. The maximum atomic E-state index is 13.0. The van der Waals surface area contributed by atoms with E-state index in [1.165, 1.54) is 28.6 Å². The van der Waals surface area contributed by atoms with Gasteiger partial charge in [0, 0.05) is 13.1 Å². The summed E-state index contributed by atoms with van der Waals surface area (Å²) in [6.07, 6.45) is 1.15. The van der Waals surface area contributed by atoms with E-state index in [9.17, 15) is 17.6 Å². The minimum atomic E-state index is -3.65. The first-order chi connectivity index (χ1) is 12.5. The molecule has 2 aromatic carbocycles. The van der Waals surface area contributed by atoms with E-state index in [4.69, 9.17) is 0 Å². The first kappa shape index (κ1) is 18.5. The van der Waals surface area contributed by atoms with Crippen LogP contribution in [0.2, 0.25) is 0 Å². The molecular formula is C19H21FN2O3S. The van der Waals surface area contributed by atoms with Gasteiger partial charge >= 0.3 is 0 Å². The molecule has 0 spiro atoms. The topological polar surface area (TPSA) is 66.5 Å². The minimum Gasteiger partial charge on any atom is -0.351 e. The maximum absolute atomic E-state index is 13.0. The van der Waals surface area contributed by atoms with E-state index in [1.807, 2.05) is 30.3 Å². The predicted octanol–water partition coefficient (Wildman–Crippen LogP) is 2.44. The highest BCUT2D eigenvalue weighted by molar-refractivity contribution is 7.88. The third kappa shape index (κ3) is 4.47. The highest BCUT2D eigenvalue weighted by Crippen LogP contribution is 2.24. The van der Waals surface area contributed by atoms with Crippen molar-refractivity contribution in [3.63, 3.8) is 0 Å². The zero-order valence-corrected chi connectivity index (χ0v) is 15.1. The van der Waals surface area contributed by atoms with E-state index in [-0.39, 0.29) is 11.7 Å². The number of nitrogens with one attached hydrogen (secondary N) is 1. The Kier molecular flexibility index (Phi) is 5.68. The molecule has 7 heteroatoms. The number of sulfonamides is 1. The lowest BCUT2D eigenvalue weighted by molar-refractivity contribution is -0.124. The molecule has 1 aliphatic rings. The summed E-state index contributed by atoms with van der Waals surface area (Å²) in [6.45, 7) is 0.689. The Morgan fingerprint density at radius 2 is 1.77 bits per heavy atom. The van der Waals surface area contributed by atoms with Gasteiger partial charge in [0.2, 0.25) is 15.9 Å². The van der Waals surface area contributed by atoms with E-state index < -0.39 is 21.9 Å². The van der Waals surface area contributed by atoms with Crippen LogP contribution in [-0.4, -0.2) is 31.2 Å². The second kappa shape index (κ2) is 7.97. The largest absolute Gasteiger partial charge is 0.351 e. The quantitative estimate of drug-likeness (QED) is 0.842. The molecule has 0 aromatic heterocycles. The minimum absolute atomic E-state index is 0.240. The third-order valence-corrected chi connectivity index (χ3v) is 6.29. The van der Waals surface area contributed by atoms with Gasteiger partial charge in [0.05, 0.1) is 5.75 Å². The number of hydrogen-bond acceptors (Lipinski definition) is 3. The van der Waals surface area contributed by atoms with Crippen LogP contribution >= 0.6 is 0 Å². The summed E-state index contributed by atoms with van der Waals surface area (Å²) in [5.41, 5.74) is 1.46. The lowest BCUT2D eigenvalue weighted by atomic mass is 10.2. The van der Waals surface area contributed by atoms with Crippen LogP contribution in [-0.2, 0) is 27.1 Å². The van der Waals surface area contributed by atoms with Gasteiger partial charge in [0.25, 0.3) is 0 Å². The molecule has 1 N–H and O–H groups in total. The predicted molar refractivity (Wildman–Crippen MR) is 97.0 cm³/mol. The van der Waals surface area contributed by atoms with Crippen LogP contribution in [0.4, 0.5) is 4.39 Å². The number of halogens is 1. The van der Waals surface area contributed by atoms with Gasteiger partial charge in [-0.1, -0.05) is 42.5 Å². The van der Waals surface area contributed by atoms with Crippen molar-refractivity contribution in [3.05, 3.63) is 71.5 Å². The highest BCUT2D eigenvalue weighted by atomic mass is 32.2. The van der Waals surface area contributed by atoms with Crippen molar-refractivity contribution in [2.45, 2.75) is 31.2 Å². The first-order valence-electron chi connectivity index (χ1n) is 8.51. The van der Waals surface area contributed by atoms with Gasteiger partial charge in [-0.05, 0) is 36.1 Å². The summed E-state index contributed by atoms with van der Waals surface area (Å²) in [5, 5.41) is 2.82. The first-order valence-corrected chi connectivity index (χ1v) is 10.1. The molecule has 0 radical (unpaired) electrons. The van der Waals surface area contributed by atoms with Crippen molar-refractivity contribution >= 4 is 15.9 Å². The summed E-state index contributed by atoms with van der Waals surface area (Å²) in [6, 6.07) is 14.2. The number of rotatable bonds is 6. The number of carbonyl (C=O) groups is 1. The van der Waals surface area contributed by atoms with Crippen molar-refractivity contribution in [2.24, 2.45) is 0 Å². The second-order valence-electron chi connectivity index (χ2n) is 6.35. The Balaban J connectivity index is 1.66. The summed E-state index contributed by atoms with van der Waals surface area (Å²) >= 11 is 0. The number of hydrogen-bond donors (Lipinski definition) is 1. The van der Waals surface area contributed by atoms with E-state index in [0.717, 1.165) is 5.56 Å². The Labute approximate surface area is 152 Å². The van der Waals surface area contributed by atoms with Crippen molar-refractivity contribution in [3.8, 4) is 0 Å². The van der Waals surface area contributed by atoms with Gasteiger partial charge < -0.3 is 5.32 Å². The van der Waals surface area contributed by atoms with Crippen LogP contribution in [0.15, 0.2) is 54.6 Å². The van der Waals surface area contributed by atoms with Crippen LogP contribution in [0.25, 0.3) is 0 Å². The average molecular weight is 376 g/mol. The summed E-state index contributed by atoms with van der Waals surface area (Å²) in [4.78, 5) is 12.5. The normalized spacial score (nSPS) is 18.0. The Hall–Kier alpha value is -2.25. The summed E-state index contributed by atoms with van der Waals surface area (Å²) in [7, 11) is -3.65. The molecular weight excluding hydrogens is 355 g/mol. The zero-order chi connectivity index (χ0) is 18.6. The smallest absolute Gasteiger partial charge is 0.238 e. The molecule has 0 unspecified atom stereocenters. The van der Waals surface area contributed by atoms with Gasteiger partial charge in [-0.15, -0.1) is 0 Å². The Morgan fingerprint density at radius 1 is 1.08 bits per heavy atom. The van der Waals surface area contributed by atoms with Crippen LogP contribution in [0.3, 0.4) is 0 Å². The van der Waals surface area contributed by atoms with Gasteiger partial charge in [0.15, 0.2) is 0 Å². The molecule has 1 heterocycles. The van der Waals surface area contributed by atoms with Crippen LogP contribution in [0.5, 0.6) is 0 Å². The lowest BCUT2D eigenvalue weighted by Gasteiger charge is -2.23. The zero-order valence-electron chi connectivity index (χ0n) is 14.3. The molecule has 138 valence electrons. The monoisotopic (exact) mass is 376 g/mol. The molecule has 5 nitrogen and oxygen atoms in total. The van der Waals surface area contributed by atoms with Crippen LogP contribution in [0, 0.1) is 5.82 Å².